The first-order valence-electron chi connectivity index (χ1n) is 5.77. The molecule has 0 aliphatic rings. The molecule has 0 aliphatic heterocycles. The predicted octanol–water partition coefficient (Wildman–Crippen LogP) is 3.42. The van der Waals surface area contributed by atoms with E-state index in [0.29, 0.717) is 16.3 Å². The van der Waals surface area contributed by atoms with E-state index < -0.39 is 10.1 Å². The van der Waals surface area contributed by atoms with Crippen molar-refractivity contribution >= 4 is 21.7 Å². The minimum Gasteiger partial charge on any atom is -0.497 e. The summed E-state index contributed by atoms with van der Waals surface area (Å²) in [5, 5.41) is 0.475. The van der Waals surface area contributed by atoms with Gasteiger partial charge in [0.2, 0.25) is 0 Å². The lowest BCUT2D eigenvalue weighted by Crippen LogP contribution is -2.11. The molecule has 106 valence electrons. The molecule has 0 aromatic heterocycles. The Balaban J connectivity index is 2.35. The summed E-state index contributed by atoms with van der Waals surface area (Å²) in [6.07, 6.45) is 0. The highest BCUT2D eigenvalue weighted by Crippen LogP contribution is 2.25. The number of methoxy groups -OCH3 is 1. The molecule has 0 spiro atoms. The summed E-state index contributed by atoms with van der Waals surface area (Å²) in [5.74, 6) is 0.712. The standard InChI is InChI=1S/C14H13ClO4S/c1-10-8-11(15)6-7-14(10)20(16,17)19-13-5-3-4-12(9-13)18-2/h3-9H,1-2H3. The lowest BCUT2D eigenvalue weighted by molar-refractivity contribution is 0.411. The van der Waals surface area contributed by atoms with Crippen molar-refractivity contribution in [1.29, 1.82) is 0 Å². The first kappa shape index (κ1) is 14.7. The molecule has 2 aromatic rings. The third-order valence-corrected chi connectivity index (χ3v) is 4.30. The van der Waals surface area contributed by atoms with E-state index >= 15 is 0 Å². The molecule has 20 heavy (non-hydrogen) atoms. The number of benzene rings is 2. The maximum atomic E-state index is 12.2. The van der Waals surface area contributed by atoms with Crippen LogP contribution in [0, 0.1) is 6.92 Å². The number of ether oxygens (including phenoxy) is 1. The van der Waals surface area contributed by atoms with Gasteiger partial charge < -0.3 is 8.92 Å². The lowest BCUT2D eigenvalue weighted by Gasteiger charge is -2.10. The molecule has 6 heteroatoms. The smallest absolute Gasteiger partial charge is 0.339 e. The van der Waals surface area contributed by atoms with Gasteiger partial charge in [-0.1, -0.05) is 17.7 Å². The summed E-state index contributed by atoms with van der Waals surface area (Å²) in [4.78, 5) is 0.0877. The minimum atomic E-state index is -3.90. The van der Waals surface area contributed by atoms with E-state index in [2.05, 4.69) is 0 Å². The summed E-state index contributed by atoms with van der Waals surface area (Å²) in [6, 6.07) is 10.9. The van der Waals surface area contributed by atoms with Gasteiger partial charge in [0.25, 0.3) is 0 Å². The highest BCUT2D eigenvalue weighted by molar-refractivity contribution is 7.87. The van der Waals surface area contributed by atoms with Crippen molar-refractivity contribution in [3.05, 3.63) is 53.1 Å². The molecule has 2 rings (SSSR count). The largest absolute Gasteiger partial charge is 0.497 e. The maximum absolute atomic E-state index is 12.2. The Labute approximate surface area is 123 Å². The molecule has 4 nitrogen and oxygen atoms in total. The zero-order chi connectivity index (χ0) is 14.8. The van der Waals surface area contributed by atoms with Crippen molar-refractivity contribution in [2.75, 3.05) is 7.11 Å². The van der Waals surface area contributed by atoms with E-state index in [9.17, 15) is 8.42 Å². The van der Waals surface area contributed by atoms with Gasteiger partial charge in [0.15, 0.2) is 0 Å². The predicted molar refractivity (Wildman–Crippen MR) is 77.0 cm³/mol. The molecule has 0 fully saturated rings. The van der Waals surface area contributed by atoms with Gasteiger partial charge in [-0.25, -0.2) is 0 Å². The lowest BCUT2D eigenvalue weighted by atomic mass is 10.2. The van der Waals surface area contributed by atoms with E-state index in [1.54, 1.807) is 31.2 Å². The Morgan fingerprint density at radius 2 is 1.75 bits per heavy atom. The maximum Gasteiger partial charge on any atom is 0.339 e. The number of aryl methyl sites for hydroxylation is 1. The van der Waals surface area contributed by atoms with E-state index in [0.717, 1.165) is 0 Å². The van der Waals surface area contributed by atoms with Gasteiger partial charge in [-0.15, -0.1) is 0 Å². The van der Waals surface area contributed by atoms with Gasteiger partial charge in [-0.2, -0.15) is 8.42 Å². The van der Waals surface area contributed by atoms with Gasteiger partial charge >= 0.3 is 10.1 Å². The molecule has 0 N–H and O–H groups in total. The summed E-state index contributed by atoms with van der Waals surface area (Å²) in [7, 11) is -2.40. The van der Waals surface area contributed by atoms with Crippen LogP contribution in [0.5, 0.6) is 11.5 Å². The van der Waals surface area contributed by atoms with Crippen LogP contribution in [-0.4, -0.2) is 15.5 Å². The van der Waals surface area contributed by atoms with E-state index in [1.807, 2.05) is 0 Å². The number of rotatable bonds is 4. The monoisotopic (exact) mass is 312 g/mol. The number of hydrogen-bond donors (Lipinski definition) is 0. The minimum absolute atomic E-state index is 0.0877. The Hall–Kier alpha value is -1.72. The van der Waals surface area contributed by atoms with Crippen LogP contribution in [0.2, 0.25) is 5.02 Å². The van der Waals surface area contributed by atoms with Crippen LogP contribution in [0.25, 0.3) is 0 Å². The van der Waals surface area contributed by atoms with Crippen molar-refractivity contribution < 1.29 is 17.3 Å². The topological polar surface area (TPSA) is 52.6 Å². The first-order chi connectivity index (χ1) is 9.42. The fourth-order valence-corrected chi connectivity index (χ4v) is 3.08. The zero-order valence-electron chi connectivity index (χ0n) is 11.0. The third kappa shape index (κ3) is 3.23. The van der Waals surface area contributed by atoms with Gasteiger partial charge in [0.05, 0.1) is 7.11 Å². The highest BCUT2D eigenvalue weighted by atomic mass is 35.5. The molecule has 0 saturated heterocycles. The molecule has 0 atom stereocenters. The van der Waals surface area contributed by atoms with Crippen LogP contribution < -0.4 is 8.92 Å². The molecule has 0 amide bonds. The SMILES string of the molecule is COc1cccc(OS(=O)(=O)c2ccc(Cl)cc2C)c1. The normalized spacial score (nSPS) is 11.2. The molecular weight excluding hydrogens is 300 g/mol. The molecule has 0 bridgehead atoms. The fourth-order valence-electron chi connectivity index (χ4n) is 1.72. The summed E-state index contributed by atoms with van der Waals surface area (Å²) < 4.78 is 34.6. The van der Waals surface area contributed by atoms with Crippen LogP contribution >= 0.6 is 11.6 Å². The van der Waals surface area contributed by atoms with Gasteiger partial charge in [0, 0.05) is 11.1 Å². The quantitative estimate of drug-likeness (QED) is 0.812. The van der Waals surface area contributed by atoms with Gasteiger partial charge in [-0.3, -0.25) is 0 Å². The van der Waals surface area contributed by atoms with Crippen molar-refractivity contribution in [3.63, 3.8) is 0 Å². The Bertz CT molecular complexity index is 726. The highest BCUT2D eigenvalue weighted by Gasteiger charge is 2.19. The van der Waals surface area contributed by atoms with Crippen molar-refractivity contribution in [3.8, 4) is 11.5 Å². The summed E-state index contributed by atoms with van der Waals surface area (Å²) in [5.41, 5.74) is 0.528. The van der Waals surface area contributed by atoms with Crippen molar-refractivity contribution in [1.82, 2.24) is 0 Å². The number of halogens is 1. The number of hydrogen-bond acceptors (Lipinski definition) is 4. The van der Waals surface area contributed by atoms with E-state index in [-0.39, 0.29) is 10.6 Å². The first-order valence-corrected chi connectivity index (χ1v) is 7.56. The second-order valence-corrected chi connectivity index (χ2v) is 6.08. The van der Waals surface area contributed by atoms with E-state index in [1.165, 1.54) is 25.3 Å². The second-order valence-electron chi connectivity index (χ2n) is 4.13. The Morgan fingerprint density at radius 3 is 2.40 bits per heavy atom. The second kappa shape index (κ2) is 5.73. The van der Waals surface area contributed by atoms with Crippen LogP contribution in [0.15, 0.2) is 47.4 Å². The molecule has 0 unspecified atom stereocenters. The van der Waals surface area contributed by atoms with Crippen LogP contribution in [0.4, 0.5) is 0 Å². The van der Waals surface area contributed by atoms with E-state index in [4.69, 9.17) is 20.5 Å². The molecule has 0 aliphatic carbocycles. The van der Waals surface area contributed by atoms with Gasteiger partial charge in [-0.05, 0) is 42.8 Å². The Morgan fingerprint density at radius 1 is 1.05 bits per heavy atom. The third-order valence-electron chi connectivity index (χ3n) is 2.65. The summed E-state index contributed by atoms with van der Waals surface area (Å²) in [6.45, 7) is 1.66. The zero-order valence-corrected chi connectivity index (χ0v) is 12.5. The molecular formula is C14H13ClO4S. The van der Waals surface area contributed by atoms with Crippen LogP contribution in [0.3, 0.4) is 0 Å². The average molecular weight is 313 g/mol. The Kier molecular flexibility index (Phi) is 4.20. The van der Waals surface area contributed by atoms with Crippen LogP contribution in [-0.2, 0) is 10.1 Å². The summed E-state index contributed by atoms with van der Waals surface area (Å²) >= 11 is 5.81. The molecule has 0 saturated carbocycles. The molecule has 2 aromatic carbocycles. The average Bonchev–Trinajstić information content (AvgIpc) is 2.37. The van der Waals surface area contributed by atoms with Crippen molar-refractivity contribution in [2.24, 2.45) is 0 Å². The fraction of sp³-hybridized carbons (Fsp3) is 0.143. The van der Waals surface area contributed by atoms with Gasteiger partial charge in [0.1, 0.15) is 16.4 Å². The van der Waals surface area contributed by atoms with Crippen LogP contribution in [0.1, 0.15) is 5.56 Å². The molecule has 0 heterocycles. The molecule has 0 radical (unpaired) electrons. The van der Waals surface area contributed by atoms with Crippen molar-refractivity contribution in [2.45, 2.75) is 11.8 Å².